The van der Waals surface area contributed by atoms with E-state index in [2.05, 4.69) is 5.32 Å². The van der Waals surface area contributed by atoms with Gasteiger partial charge in [-0.25, -0.2) is 4.79 Å². The quantitative estimate of drug-likeness (QED) is 0.819. The van der Waals surface area contributed by atoms with Crippen molar-refractivity contribution in [1.82, 2.24) is 0 Å². The second-order valence-corrected chi connectivity index (χ2v) is 6.42. The molecule has 6 heteroatoms. The number of thioether (sulfide) groups is 1. The van der Waals surface area contributed by atoms with Gasteiger partial charge in [0.2, 0.25) is 5.91 Å². The fraction of sp³-hybridized carbons (Fsp3) is 0.176. The van der Waals surface area contributed by atoms with E-state index in [1.165, 1.54) is 11.8 Å². The van der Waals surface area contributed by atoms with Crippen LogP contribution < -0.4 is 5.32 Å². The normalized spacial score (nSPS) is 10.3. The summed E-state index contributed by atoms with van der Waals surface area (Å²) < 4.78 is 0. The maximum atomic E-state index is 11.9. The molecular weight excluding hydrogens is 334 g/mol. The Hall–Kier alpha value is -1.98. The van der Waals surface area contributed by atoms with Gasteiger partial charge in [-0.05, 0) is 48.4 Å². The van der Waals surface area contributed by atoms with E-state index in [0.29, 0.717) is 16.5 Å². The molecule has 0 atom stereocenters. The number of carboxylic acids is 1. The number of carboxylic acid groups (broad SMARTS) is 1. The first-order chi connectivity index (χ1) is 11.0. The van der Waals surface area contributed by atoms with Crippen LogP contribution in [0, 0.1) is 6.92 Å². The van der Waals surface area contributed by atoms with Crippen LogP contribution in [-0.2, 0) is 10.5 Å². The summed E-state index contributed by atoms with van der Waals surface area (Å²) in [6.07, 6.45) is 0. The van der Waals surface area contributed by atoms with E-state index in [0.717, 1.165) is 16.8 Å². The van der Waals surface area contributed by atoms with Gasteiger partial charge in [-0.3, -0.25) is 4.79 Å². The lowest BCUT2D eigenvalue weighted by Crippen LogP contribution is -2.14. The van der Waals surface area contributed by atoms with E-state index in [1.54, 1.807) is 42.5 Å². The predicted molar refractivity (Wildman–Crippen MR) is 94.4 cm³/mol. The van der Waals surface area contributed by atoms with E-state index in [4.69, 9.17) is 16.7 Å². The van der Waals surface area contributed by atoms with E-state index in [-0.39, 0.29) is 11.5 Å². The highest BCUT2D eigenvalue weighted by atomic mass is 35.5. The zero-order valence-corrected chi connectivity index (χ0v) is 14.1. The first-order valence-corrected chi connectivity index (χ1v) is 8.45. The number of hydrogen-bond donors (Lipinski definition) is 2. The molecule has 0 aliphatic heterocycles. The molecule has 120 valence electrons. The highest BCUT2D eigenvalue weighted by Crippen LogP contribution is 2.20. The maximum Gasteiger partial charge on any atom is 0.335 e. The summed E-state index contributed by atoms with van der Waals surface area (Å²) in [7, 11) is 0. The lowest BCUT2D eigenvalue weighted by molar-refractivity contribution is -0.113. The number of aromatic carboxylic acids is 1. The van der Waals surface area contributed by atoms with Crippen LogP contribution in [0.1, 0.15) is 21.5 Å². The minimum Gasteiger partial charge on any atom is -0.478 e. The Kier molecular flexibility index (Phi) is 6.07. The standard InChI is InChI=1S/C17H16ClNO3S/c1-11-8-14(18)6-7-15(11)19-16(20)10-23-9-12-2-4-13(5-3-12)17(21)22/h2-8H,9-10H2,1H3,(H,19,20)(H,21,22). The third kappa shape index (κ3) is 5.30. The minimum atomic E-state index is -0.943. The lowest BCUT2D eigenvalue weighted by Gasteiger charge is -2.08. The second kappa shape index (κ2) is 8.04. The van der Waals surface area contributed by atoms with Gasteiger partial charge in [-0.1, -0.05) is 23.7 Å². The highest BCUT2D eigenvalue weighted by molar-refractivity contribution is 7.99. The van der Waals surface area contributed by atoms with E-state index < -0.39 is 5.97 Å². The number of hydrogen-bond acceptors (Lipinski definition) is 3. The van der Waals surface area contributed by atoms with Gasteiger partial charge >= 0.3 is 5.97 Å². The molecule has 4 nitrogen and oxygen atoms in total. The molecule has 0 bridgehead atoms. The third-order valence-corrected chi connectivity index (χ3v) is 4.40. The molecule has 2 aromatic rings. The molecule has 0 saturated heterocycles. The molecule has 0 aliphatic carbocycles. The largest absolute Gasteiger partial charge is 0.478 e. The molecule has 0 spiro atoms. The molecule has 0 aliphatic rings. The Labute approximate surface area is 143 Å². The Balaban J connectivity index is 1.81. The highest BCUT2D eigenvalue weighted by Gasteiger charge is 2.06. The number of aryl methyl sites for hydroxylation is 1. The van der Waals surface area contributed by atoms with E-state index in [9.17, 15) is 9.59 Å². The summed E-state index contributed by atoms with van der Waals surface area (Å²) >= 11 is 7.35. The van der Waals surface area contributed by atoms with Crippen LogP contribution in [0.15, 0.2) is 42.5 Å². The van der Waals surface area contributed by atoms with Gasteiger partial charge < -0.3 is 10.4 Å². The maximum absolute atomic E-state index is 11.9. The van der Waals surface area contributed by atoms with Crippen molar-refractivity contribution in [3.8, 4) is 0 Å². The zero-order chi connectivity index (χ0) is 16.8. The van der Waals surface area contributed by atoms with Gasteiger partial charge in [0.05, 0.1) is 11.3 Å². The van der Waals surface area contributed by atoms with Crippen molar-refractivity contribution < 1.29 is 14.7 Å². The first-order valence-electron chi connectivity index (χ1n) is 6.91. The SMILES string of the molecule is Cc1cc(Cl)ccc1NC(=O)CSCc1ccc(C(=O)O)cc1. The average molecular weight is 350 g/mol. The summed E-state index contributed by atoms with van der Waals surface area (Å²) in [6, 6.07) is 12.0. The fourth-order valence-electron chi connectivity index (χ4n) is 1.96. The Morgan fingerprint density at radius 1 is 1.17 bits per heavy atom. The average Bonchev–Trinajstić information content (AvgIpc) is 2.50. The number of halogens is 1. The van der Waals surface area contributed by atoms with Gasteiger partial charge in [0.15, 0.2) is 0 Å². The molecule has 23 heavy (non-hydrogen) atoms. The van der Waals surface area contributed by atoms with Crippen LogP contribution >= 0.6 is 23.4 Å². The fourth-order valence-corrected chi connectivity index (χ4v) is 2.97. The minimum absolute atomic E-state index is 0.0809. The van der Waals surface area contributed by atoms with Crippen molar-refractivity contribution in [3.63, 3.8) is 0 Å². The summed E-state index contributed by atoms with van der Waals surface area (Å²) in [5.41, 5.74) is 2.91. The second-order valence-electron chi connectivity index (χ2n) is 5.00. The molecule has 0 radical (unpaired) electrons. The van der Waals surface area contributed by atoms with Crippen LogP contribution in [0.3, 0.4) is 0 Å². The van der Waals surface area contributed by atoms with E-state index in [1.807, 2.05) is 6.92 Å². The number of amides is 1. The van der Waals surface area contributed by atoms with E-state index >= 15 is 0 Å². The van der Waals surface area contributed by atoms with Gasteiger partial charge in [-0.2, -0.15) is 0 Å². The van der Waals surface area contributed by atoms with Crippen LogP contribution in [0.2, 0.25) is 5.02 Å². The molecule has 0 fully saturated rings. The van der Waals surface area contributed by atoms with Crippen molar-refractivity contribution >= 4 is 40.9 Å². The number of nitrogens with one attached hydrogen (secondary N) is 1. The number of carbonyl (C=O) groups excluding carboxylic acids is 1. The topological polar surface area (TPSA) is 66.4 Å². The number of benzene rings is 2. The first kappa shape index (κ1) is 17.4. The summed E-state index contributed by atoms with van der Waals surface area (Å²) in [5, 5.41) is 12.3. The smallest absolute Gasteiger partial charge is 0.335 e. The van der Waals surface area contributed by atoms with Crippen molar-refractivity contribution in [2.45, 2.75) is 12.7 Å². The molecule has 2 rings (SSSR count). The van der Waals surface area contributed by atoms with Gasteiger partial charge in [0.1, 0.15) is 0 Å². The number of rotatable bonds is 6. The molecule has 1 amide bonds. The Morgan fingerprint density at radius 2 is 1.87 bits per heavy atom. The van der Waals surface area contributed by atoms with Crippen molar-refractivity contribution in [3.05, 3.63) is 64.2 Å². The Bertz CT molecular complexity index is 716. The predicted octanol–water partition coefficient (Wildman–Crippen LogP) is 4.22. The summed E-state index contributed by atoms with van der Waals surface area (Å²) in [5.74, 6) is -0.0557. The number of carbonyl (C=O) groups is 2. The molecular formula is C17H16ClNO3S. The monoisotopic (exact) mass is 349 g/mol. The molecule has 0 unspecified atom stereocenters. The van der Waals surface area contributed by atoms with Crippen molar-refractivity contribution in [2.75, 3.05) is 11.1 Å². The molecule has 0 aromatic heterocycles. The molecule has 0 heterocycles. The summed E-state index contributed by atoms with van der Waals surface area (Å²) in [6.45, 7) is 1.89. The van der Waals surface area contributed by atoms with Gasteiger partial charge in [0, 0.05) is 16.5 Å². The van der Waals surface area contributed by atoms with Crippen LogP contribution in [-0.4, -0.2) is 22.7 Å². The summed E-state index contributed by atoms with van der Waals surface area (Å²) in [4.78, 5) is 22.7. The third-order valence-electron chi connectivity index (χ3n) is 3.17. The number of anilines is 1. The van der Waals surface area contributed by atoms with Crippen molar-refractivity contribution in [2.24, 2.45) is 0 Å². The van der Waals surface area contributed by atoms with Crippen LogP contribution in [0.25, 0.3) is 0 Å². The van der Waals surface area contributed by atoms with Gasteiger partial charge in [-0.15, -0.1) is 11.8 Å². The van der Waals surface area contributed by atoms with Crippen LogP contribution in [0.4, 0.5) is 5.69 Å². The molecule has 2 aromatic carbocycles. The lowest BCUT2D eigenvalue weighted by atomic mass is 10.1. The van der Waals surface area contributed by atoms with Gasteiger partial charge in [0.25, 0.3) is 0 Å². The van der Waals surface area contributed by atoms with Crippen molar-refractivity contribution in [1.29, 1.82) is 0 Å². The molecule has 2 N–H and O–H groups in total. The zero-order valence-electron chi connectivity index (χ0n) is 12.5. The Morgan fingerprint density at radius 3 is 2.48 bits per heavy atom. The van der Waals surface area contributed by atoms with Crippen LogP contribution in [0.5, 0.6) is 0 Å². The molecule has 0 saturated carbocycles.